The van der Waals surface area contributed by atoms with Crippen molar-refractivity contribution in [3.8, 4) is 0 Å². The van der Waals surface area contributed by atoms with Gasteiger partial charge in [0.25, 0.3) is 0 Å². The zero-order valence-corrected chi connectivity index (χ0v) is 10.4. The average molecular weight is 267 g/mol. The van der Waals surface area contributed by atoms with Gasteiger partial charge in [0.15, 0.2) is 5.65 Å². The Kier molecular flexibility index (Phi) is 2.86. The summed E-state index contributed by atoms with van der Waals surface area (Å²) in [5.74, 6) is 2.17. The molecule has 0 spiro atoms. The molecule has 2 aromatic rings. The predicted octanol–water partition coefficient (Wildman–Crippen LogP) is -0.259. The summed E-state index contributed by atoms with van der Waals surface area (Å²) in [7, 11) is -0.661. The number of nitrogens with zero attached hydrogens (tertiary/aromatic N) is 3. The van der Waals surface area contributed by atoms with E-state index in [-0.39, 0.29) is 5.69 Å². The van der Waals surface area contributed by atoms with Gasteiger partial charge in [-0.05, 0) is 12.8 Å². The molecule has 0 atom stereocenters. The van der Waals surface area contributed by atoms with E-state index in [2.05, 4.69) is 20.5 Å². The summed E-state index contributed by atoms with van der Waals surface area (Å²) in [4.78, 5) is 15.4. The van der Waals surface area contributed by atoms with Crippen molar-refractivity contribution in [2.45, 2.75) is 18.9 Å². The zero-order chi connectivity index (χ0) is 12.5. The highest BCUT2D eigenvalue weighted by Crippen LogP contribution is 2.14. The molecule has 3 rings (SSSR count). The van der Waals surface area contributed by atoms with Gasteiger partial charge in [-0.2, -0.15) is 5.10 Å². The third-order valence-electron chi connectivity index (χ3n) is 3.05. The van der Waals surface area contributed by atoms with E-state index in [1.54, 1.807) is 6.07 Å². The molecule has 0 unspecified atom stereocenters. The summed E-state index contributed by atoms with van der Waals surface area (Å²) in [5.41, 5.74) is 0.244. The highest BCUT2D eigenvalue weighted by atomic mass is 32.2. The van der Waals surface area contributed by atoms with Crippen molar-refractivity contribution in [3.63, 3.8) is 0 Å². The van der Waals surface area contributed by atoms with Gasteiger partial charge in [-0.1, -0.05) is 0 Å². The van der Waals surface area contributed by atoms with E-state index in [1.165, 1.54) is 10.7 Å². The van der Waals surface area contributed by atoms with Gasteiger partial charge in [-0.25, -0.2) is 19.3 Å². The molecular weight excluding hydrogens is 254 g/mol. The summed E-state index contributed by atoms with van der Waals surface area (Å²) >= 11 is 0. The number of fused-ring (bicyclic) bond motifs is 1. The van der Waals surface area contributed by atoms with Crippen molar-refractivity contribution in [2.75, 3.05) is 16.8 Å². The minimum atomic E-state index is -0.661. The quantitative estimate of drug-likeness (QED) is 0.782. The van der Waals surface area contributed by atoms with Crippen LogP contribution in [0.25, 0.3) is 5.65 Å². The molecular formula is C10H13N5O2S. The molecule has 1 aliphatic heterocycles. The van der Waals surface area contributed by atoms with Crippen molar-refractivity contribution in [1.29, 1.82) is 0 Å². The van der Waals surface area contributed by atoms with Gasteiger partial charge in [0.2, 0.25) is 0 Å². The maximum Gasteiger partial charge on any atom is 0.348 e. The normalized spacial score (nSPS) is 24.2. The molecule has 1 saturated heterocycles. The first-order chi connectivity index (χ1) is 8.72. The molecule has 18 heavy (non-hydrogen) atoms. The fourth-order valence-corrected chi connectivity index (χ4v) is 3.33. The Balaban J connectivity index is 1.78. The van der Waals surface area contributed by atoms with Crippen LogP contribution in [0.2, 0.25) is 0 Å². The number of rotatable bonds is 2. The van der Waals surface area contributed by atoms with Crippen LogP contribution in [0.5, 0.6) is 0 Å². The monoisotopic (exact) mass is 267 g/mol. The van der Waals surface area contributed by atoms with Crippen LogP contribution >= 0.6 is 0 Å². The van der Waals surface area contributed by atoms with Crippen molar-refractivity contribution in [1.82, 2.24) is 19.6 Å². The third-order valence-corrected chi connectivity index (χ3v) is 4.43. The Bertz CT molecular complexity index is 639. The van der Waals surface area contributed by atoms with Crippen LogP contribution in [-0.2, 0) is 10.8 Å². The fraction of sp³-hybridized carbons (Fsp3) is 0.500. The molecule has 96 valence electrons. The third kappa shape index (κ3) is 2.15. The predicted molar refractivity (Wildman–Crippen MR) is 68.1 cm³/mol. The van der Waals surface area contributed by atoms with Gasteiger partial charge in [0, 0.05) is 34.4 Å². The molecule has 0 amide bonds. The minimum absolute atomic E-state index is 0.294. The van der Waals surface area contributed by atoms with Crippen LogP contribution in [0.1, 0.15) is 12.8 Å². The number of nitrogens with one attached hydrogen (secondary N) is 2. The van der Waals surface area contributed by atoms with Gasteiger partial charge in [-0.15, -0.1) is 0 Å². The second-order valence-electron chi connectivity index (χ2n) is 4.30. The second kappa shape index (κ2) is 4.52. The molecule has 7 nitrogen and oxygen atoms in total. The highest BCUT2D eigenvalue weighted by molar-refractivity contribution is 7.85. The Morgan fingerprint density at radius 1 is 1.44 bits per heavy atom. The maximum absolute atomic E-state index is 11.3. The van der Waals surface area contributed by atoms with Crippen molar-refractivity contribution in [2.24, 2.45) is 0 Å². The summed E-state index contributed by atoms with van der Waals surface area (Å²) in [6.07, 6.45) is 3.21. The van der Waals surface area contributed by atoms with E-state index in [0.29, 0.717) is 17.5 Å². The maximum atomic E-state index is 11.3. The van der Waals surface area contributed by atoms with E-state index < -0.39 is 10.8 Å². The lowest BCUT2D eigenvalue weighted by atomic mass is 10.1. The first-order valence-corrected chi connectivity index (χ1v) is 7.25. The molecule has 8 heteroatoms. The molecule has 3 heterocycles. The molecule has 0 radical (unpaired) electrons. The molecule has 1 fully saturated rings. The number of aromatic amines is 1. The second-order valence-corrected chi connectivity index (χ2v) is 5.99. The Labute approximate surface area is 105 Å². The Hall–Kier alpha value is -1.70. The Morgan fingerprint density at radius 2 is 2.22 bits per heavy atom. The summed E-state index contributed by atoms with van der Waals surface area (Å²) in [5, 5.41) is 9.53. The topological polar surface area (TPSA) is 92.1 Å². The number of anilines is 1. The largest absolute Gasteiger partial charge is 0.367 e. The molecule has 2 aromatic heterocycles. The average Bonchev–Trinajstić information content (AvgIpc) is 2.74. The van der Waals surface area contributed by atoms with Gasteiger partial charge in [0.1, 0.15) is 12.1 Å². The van der Waals surface area contributed by atoms with Crippen LogP contribution in [0, 0.1) is 0 Å². The number of hydrogen-bond donors (Lipinski definition) is 2. The van der Waals surface area contributed by atoms with Crippen molar-refractivity contribution >= 4 is 22.3 Å². The molecule has 0 aliphatic carbocycles. The van der Waals surface area contributed by atoms with Crippen LogP contribution in [0.15, 0.2) is 17.2 Å². The lowest BCUT2D eigenvalue weighted by molar-refractivity contribution is 0.622. The summed E-state index contributed by atoms with van der Waals surface area (Å²) < 4.78 is 12.6. The lowest BCUT2D eigenvalue weighted by Crippen LogP contribution is -2.29. The first-order valence-electron chi connectivity index (χ1n) is 5.77. The van der Waals surface area contributed by atoms with Crippen LogP contribution in [0.3, 0.4) is 0 Å². The standard InChI is InChI=1S/C10H13N5O2S/c16-10-14-13-9-5-8(11-6-15(9)10)12-7-1-3-18(17)4-2-7/h5-7,12H,1-4H2,(H,14,16). The van der Waals surface area contributed by atoms with E-state index in [1.807, 2.05) is 0 Å². The molecule has 1 aliphatic rings. The number of aromatic nitrogens is 4. The van der Waals surface area contributed by atoms with Gasteiger partial charge in [-0.3, -0.25) is 4.21 Å². The summed E-state index contributed by atoms with van der Waals surface area (Å²) in [6, 6.07) is 2.02. The van der Waals surface area contributed by atoms with E-state index in [4.69, 9.17) is 0 Å². The number of hydrogen-bond acceptors (Lipinski definition) is 5. The van der Waals surface area contributed by atoms with Gasteiger partial charge < -0.3 is 5.32 Å². The van der Waals surface area contributed by atoms with Crippen LogP contribution in [0.4, 0.5) is 5.82 Å². The fourth-order valence-electron chi connectivity index (χ4n) is 2.04. The van der Waals surface area contributed by atoms with Gasteiger partial charge in [0.05, 0.1) is 0 Å². The molecule has 0 bridgehead atoms. The van der Waals surface area contributed by atoms with Crippen LogP contribution < -0.4 is 11.0 Å². The first kappa shape index (κ1) is 11.4. The smallest absolute Gasteiger partial charge is 0.348 e. The van der Waals surface area contributed by atoms with E-state index in [0.717, 1.165) is 24.3 Å². The van der Waals surface area contributed by atoms with E-state index >= 15 is 0 Å². The SMILES string of the molecule is O=c1[nH]nc2cc(NC3CCS(=O)CC3)ncn12. The van der Waals surface area contributed by atoms with Gasteiger partial charge >= 0.3 is 5.69 Å². The highest BCUT2D eigenvalue weighted by Gasteiger charge is 2.18. The summed E-state index contributed by atoms with van der Waals surface area (Å²) in [6.45, 7) is 0. The lowest BCUT2D eigenvalue weighted by Gasteiger charge is -2.22. The Morgan fingerprint density at radius 3 is 3.00 bits per heavy atom. The van der Waals surface area contributed by atoms with E-state index in [9.17, 15) is 9.00 Å². The van der Waals surface area contributed by atoms with Crippen molar-refractivity contribution < 1.29 is 4.21 Å². The zero-order valence-electron chi connectivity index (χ0n) is 9.63. The molecule has 2 N–H and O–H groups in total. The van der Waals surface area contributed by atoms with Crippen LogP contribution in [-0.4, -0.2) is 41.3 Å². The molecule has 0 aromatic carbocycles. The minimum Gasteiger partial charge on any atom is -0.367 e. The number of H-pyrrole nitrogens is 1. The molecule has 0 saturated carbocycles. The van der Waals surface area contributed by atoms with Crippen molar-refractivity contribution in [3.05, 3.63) is 22.9 Å².